The first kappa shape index (κ1) is 20.6. The lowest BCUT2D eigenvalue weighted by molar-refractivity contribution is 0.355. The first-order chi connectivity index (χ1) is 15.4. The maximum atomic E-state index is 13.2. The van der Waals surface area contributed by atoms with Crippen molar-refractivity contribution in [1.82, 2.24) is 29.5 Å². The Morgan fingerprint density at radius 1 is 1.12 bits per heavy atom. The Hall–Kier alpha value is -3.31. The van der Waals surface area contributed by atoms with Crippen molar-refractivity contribution in [2.24, 2.45) is 0 Å². The molecule has 11 heteroatoms. The van der Waals surface area contributed by atoms with Crippen LogP contribution in [0.5, 0.6) is 0 Å². The monoisotopic (exact) mass is 454 g/mol. The van der Waals surface area contributed by atoms with E-state index in [2.05, 4.69) is 43.0 Å². The largest absolute Gasteiger partial charge is 0.369 e. The van der Waals surface area contributed by atoms with E-state index < -0.39 is 10.0 Å². The summed E-state index contributed by atoms with van der Waals surface area (Å²) < 4.78 is 27.5. The van der Waals surface area contributed by atoms with E-state index in [1.807, 2.05) is 31.0 Å². The molecule has 1 aromatic carbocycles. The summed E-state index contributed by atoms with van der Waals surface area (Å²) in [6.07, 6.45) is 4.62. The molecule has 168 valence electrons. The second-order valence-corrected chi connectivity index (χ2v) is 9.76. The van der Waals surface area contributed by atoms with Crippen LogP contribution in [0.15, 0.2) is 54.0 Å². The smallest absolute Gasteiger partial charge is 0.286 e. The Balaban J connectivity index is 1.40. The van der Waals surface area contributed by atoms with Gasteiger partial charge in [-0.1, -0.05) is 0 Å². The van der Waals surface area contributed by atoms with Crippen molar-refractivity contribution >= 4 is 38.4 Å². The zero-order valence-electron chi connectivity index (χ0n) is 18.0. The van der Waals surface area contributed by atoms with Gasteiger partial charge >= 0.3 is 0 Å². The molecule has 0 amide bonds. The topological polar surface area (TPSA) is 107 Å². The molecule has 4 heterocycles. The SMILES string of the molecule is CC1NC(S(=O)(=O)n2ccc3cnc(Nc4ccc(N5CCNCC5)cc4)nc32)=CN1C. The van der Waals surface area contributed by atoms with Crippen LogP contribution in [-0.2, 0) is 10.0 Å². The molecule has 2 aliphatic heterocycles. The van der Waals surface area contributed by atoms with Crippen LogP contribution in [0.2, 0.25) is 0 Å². The number of hydrogen-bond acceptors (Lipinski definition) is 9. The Bertz CT molecular complexity index is 1260. The molecule has 32 heavy (non-hydrogen) atoms. The third kappa shape index (κ3) is 3.73. The Kier molecular flexibility index (Phi) is 5.14. The van der Waals surface area contributed by atoms with Crippen LogP contribution < -0.4 is 20.9 Å². The van der Waals surface area contributed by atoms with Gasteiger partial charge in [0.25, 0.3) is 10.0 Å². The zero-order valence-corrected chi connectivity index (χ0v) is 18.8. The van der Waals surface area contributed by atoms with E-state index in [0.717, 1.165) is 31.9 Å². The van der Waals surface area contributed by atoms with Gasteiger partial charge in [0.15, 0.2) is 10.7 Å². The van der Waals surface area contributed by atoms with E-state index in [-0.39, 0.29) is 11.2 Å². The molecule has 1 saturated heterocycles. The summed E-state index contributed by atoms with van der Waals surface area (Å²) in [4.78, 5) is 13.0. The van der Waals surface area contributed by atoms with E-state index in [1.54, 1.807) is 18.5 Å². The highest BCUT2D eigenvalue weighted by atomic mass is 32.2. The van der Waals surface area contributed by atoms with E-state index in [9.17, 15) is 8.42 Å². The molecule has 0 radical (unpaired) electrons. The van der Waals surface area contributed by atoms with E-state index in [0.29, 0.717) is 17.0 Å². The molecule has 1 unspecified atom stereocenters. The maximum Gasteiger partial charge on any atom is 0.286 e. The summed E-state index contributed by atoms with van der Waals surface area (Å²) in [5, 5.41) is 10.3. The minimum atomic E-state index is -3.80. The standard InChI is InChI=1S/C21H26N8O2S/c1-15-24-19(14-27(15)2)32(30,31)29-10-7-16-13-23-21(26-20(16)29)25-17-3-5-18(6-4-17)28-11-8-22-9-12-28/h3-7,10,13-15,22,24H,8-9,11-12H2,1-2H3,(H,23,25,26). The van der Waals surface area contributed by atoms with Crippen molar-refractivity contribution in [2.75, 3.05) is 43.4 Å². The molecule has 5 rings (SSSR count). The molecule has 1 fully saturated rings. The van der Waals surface area contributed by atoms with Crippen LogP contribution in [-0.4, -0.2) is 66.7 Å². The average molecular weight is 455 g/mol. The maximum absolute atomic E-state index is 13.2. The quantitative estimate of drug-likeness (QED) is 0.528. The summed E-state index contributed by atoms with van der Waals surface area (Å²) in [5.74, 6) is 0.335. The fourth-order valence-electron chi connectivity index (χ4n) is 3.85. The third-order valence-corrected chi connectivity index (χ3v) is 7.41. The summed E-state index contributed by atoms with van der Waals surface area (Å²) in [5.41, 5.74) is 2.33. The second-order valence-electron chi connectivity index (χ2n) is 7.98. The molecular formula is C21H26N8O2S. The number of nitrogens with one attached hydrogen (secondary N) is 3. The number of rotatable bonds is 5. The lowest BCUT2D eigenvalue weighted by Gasteiger charge is -2.29. The second kappa shape index (κ2) is 7.99. The van der Waals surface area contributed by atoms with Gasteiger partial charge in [-0.05, 0) is 37.3 Å². The molecule has 3 aromatic rings. The molecule has 3 N–H and O–H groups in total. The van der Waals surface area contributed by atoms with Crippen molar-refractivity contribution in [2.45, 2.75) is 13.1 Å². The predicted octanol–water partition coefficient (Wildman–Crippen LogP) is 1.44. The molecule has 10 nitrogen and oxygen atoms in total. The number of hydrogen-bond donors (Lipinski definition) is 3. The molecule has 2 aliphatic rings. The summed E-state index contributed by atoms with van der Waals surface area (Å²) in [6.45, 7) is 5.83. The molecule has 0 bridgehead atoms. The third-order valence-electron chi connectivity index (χ3n) is 5.82. The van der Waals surface area contributed by atoms with Crippen molar-refractivity contribution in [3.63, 3.8) is 0 Å². The van der Waals surface area contributed by atoms with Gasteiger partial charge in [0.05, 0.1) is 6.17 Å². The molecule has 2 aromatic heterocycles. The summed E-state index contributed by atoms with van der Waals surface area (Å²) in [6, 6.07) is 9.78. The number of fused-ring (bicyclic) bond motifs is 1. The van der Waals surface area contributed by atoms with Crippen molar-refractivity contribution in [3.8, 4) is 0 Å². The van der Waals surface area contributed by atoms with Gasteiger partial charge in [-0.2, -0.15) is 13.4 Å². The van der Waals surface area contributed by atoms with Gasteiger partial charge in [0, 0.05) is 68.6 Å². The summed E-state index contributed by atoms with van der Waals surface area (Å²) >= 11 is 0. The Morgan fingerprint density at radius 2 is 1.88 bits per heavy atom. The highest BCUT2D eigenvalue weighted by Crippen LogP contribution is 2.24. The molecule has 0 saturated carbocycles. The minimum absolute atomic E-state index is 0.0994. The number of piperazine rings is 1. The van der Waals surface area contributed by atoms with Crippen LogP contribution in [0.3, 0.4) is 0 Å². The number of benzene rings is 1. The predicted molar refractivity (Wildman–Crippen MR) is 125 cm³/mol. The van der Waals surface area contributed by atoms with Crippen LogP contribution in [0.25, 0.3) is 11.0 Å². The van der Waals surface area contributed by atoms with Gasteiger partial charge < -0.3 is 25.8 Å². The number of nitrogens with zero attached hydrogens (tertiary/aromatic N) is 5. The van der Waals surface area contributed by atoms with Crippen LogP contribution in [0, 0.1) is 0 Å². The first-order valence-corrected chi connectivity index (χ1v) is 12.0. The first-order valence-electron chi connectivity index (χ1n) is 10.5. The summed E-state index contributed by atoms with van der Waals surface area (Å²) in [7, 11) is -1.97. The highest BCUT2D eigenvalue weighted by Gasteiger charge is 2.29. The Morgan fingerprint density at radius 3 is 2.56 bits per heavy atom. The zero-order chi connectivity index (χ0) is 22.3. The van der Waals surface area contributed by atoms with Crippen molar-refractivity contribution in [1.29, 1.82) is 0 Å². The number of aromatic nitrogens is 3. The van der Waals surface area contributed by atoms with Gasteiger partial charge in [0.1, 0.15) is 0 Å². The van der Waals surface area contributed by atoms with Crippen LogP contribution in [0.1, 0.15) is 6.92 Å². The Labute approximate surface area is 187 Å². The number of anilines is 3. The van der Waals surface area contributed by atoms with Crippen molar-refractivity contribution < 1.29 is 8.42 Å². The van der Waals surface area contributed by atoms with Gasteiger partial charge in [0.2, 0.25) is 5.95 Å². The minimum Gasteiger partial charge on any atom is -0.369 e. The van der Waals surface area contributed by atoms with Gasteiger partial charge in [-0.15, -0.1) is 0 Å². The molecule has 0 aliphatic carbocycles. The van der Waals surface area contributed by atoms with Crippen LogP contribution >= 0.6 is 0 Å². The van der Waals surface area contributed by atoms with Crippen molar-refractivity contribution in [3.05, 3.63) is 54.0 Å². The lowest BCUT2D eigenvalue weighted by Crippen LogP contribution is -2.43. The fraction of sp³-hybridized carbons (Fsp3) is 0.333. The van der Waals surface area contributed by atoms with Crippen LogP contribution in [0.4, 0.5) is 17.3 Å². The van der Waals surface area contributed by atoms with Gasteiger partial charge in [-0.25, -0.2) is 8.96 Å². The molecule has 1 atom stereocenters. The highest BCUT2D eigenvalue weighted by molar-refractivity contribution is 7.93. The van der Waals surface area contributed by atoms with E-state index >= 15 is 0 Å². The van der Waals surface area contributed by atoms with E-state index in [1.165, 1.54) is 15.9 Å². The normalized spacial score (nSPS) is 19.2. The molecular weight excluding hydrogens is 428 g/mol. The fourth-order valence-corrected chi connectivity index (χ4v) is 5.27. The lowest BCUT2D eigenvalue weighted by atomic mass is 10.2. The molecule has 0 spiro atoms. The average Bonchev–Trinajstić information content (AvgIpc) is 3.38. The van der Waals surface area contributed by atoms with E-state index in [4.69, 9.17) is 0 Å². The van der Waals surface area contributed by atoms with Gasteiger partial charge in [-0.3, -0.25) is 0 Å².